The molecule has 0 bridgehead atoms. The lowest BCUT2D eigenvalue weighted by Gasteiger charge is -2.37. The molecule has 0 radical (unpaired) electrons. The van der Waals surface area contributed by atoms with E-state index in [0.29, 0.717) is 13.1 Å². The second-order valence-electron chi connectivity index (χ2n) is 8.17. The molecule has 3 heterocycles. The quantitative estimate of drug-likeness (QED) is 0.849. The first-order valence-corrected chi connectivity index (χ1v) is 9.65. The minimum absolute atomic E-state index is 0.116. The lowest BCUT2D eigenvalue weighted by atomic mass is 10.0. The number of pyridine rings is 1. The lowest BCUT2D eigenvalue weighted by molar-refractivity contribution is -0.143. The molecular weight excluding hydrogens is 342 g/mol. The molecule has 1 atom stereocenters. The van der Waals surface area contributed by atoms with Gasteiger partial charge in [0, 0.05) is 31.7 Å². The Morgan fingerprint density at radius 3 is 2.85 bits per heavy atom. The molecule has 1 aliphatic carbocycles. The van der Waals surface area contributed by atoms with E-state index in [1.54, 1.807) is 4.90 Å². The fraction of sp³-hybridized carbons (Fsp3) is 0.550. The number of imidazole rings is 1. The topological polar surface area (TPSA) is 78.7 Å². The normalized spacial score (nSPS) is 20.7. The van der Waals surface area contributed by atoms with Crippen molar-refractivity contribution in [2.75, 3.05) is 19.6 Å². The molecule has 0 aromatic carbocycles. The first-order valence-electron chi connectivity index (χ1n) is 9.65. The van der Waals surface area contributed by atoms with Gasteiger partial charge in [0.2, 0.25) is 11.8 Å². The number of aromatic nitrogens is 2. The van der Waals surface area contributed by atoms with E-state index in [-0.39, 0.29) is 17.7 Å². The third kappa shape index (κ3) is 3.32. The monoisotopic (exact) mass is 369 g/mol. The van der Waals surface area contributed by atoms with E-state index in [9.17, 15) is 9.59 Å². The summed E-state index contributed by atoms with van der Waals surface area (Å²) >= 11 is 0. The minimum atomic E-state index is -0.664. The van der Waals surface area contributed by atoms with Crippen LogP contribution in [-0.2, 0) is 15.1 Å². The highest BCUT2D eigenvalue weighted by atomic mass is 16.2. The average molecular weight is 369 g/mol. The second kappa shape index (κ2) is 6.64. The highest BCUT2D eigenvalue weighted by molar-refractivity contribution is 5.90. The SMILES string of the molecule is Cc1cccn2c(C(C)(C)NC(=O)[C@H]3CNCCN3C(=O)C3CC3)ncc12. The molecule has 27 heavy (non-hydrogen) atoms. The molecule has 0 unspecified atom stereocenters. The van der Waals surface area contributed by atoms with Crippen LogP contribution < -0.4 is 10.6 Å². The van der Waals surface area contributed by atoms with Gasteiger partial charge in [-0.1, -0.05) is 6.07 Å². The summed E-state index contributed by atoms with van der Waals surface area (Å²) in [7, 11) is 0. The molecule has 7 nitrogen and oxygen atoms in total. The molecule has 2 aromatic rings. The number of hydrogen-bond donors (Lipinski definition) is 2. The van der Waals surface area contributed by atoms with E-state index in [4.69, 9.17) is 0 Å². The summed E-state index contributed by atoms with van der Waals surface area (Å²) in [6.45, 7) is 7.75. The molecule has 2 N–H and O–H groups in total. The number of carbonyl (C=O) groups is 2. The highest BCUT2D eigenvalue weighted by Gasteiger charge is 2.41. The maximum absolute atomic E-state index is 13.1. The maximum atomic E-state index is 13.1. The fourth-order valence-electron chi connectivity index (χ4n) is 3.84. The van der Waals surface area contributed by atoms with Gasteiger partial charge in [0.1, 0.15) is 11.9 Å². The summed E-state index contributed by atoms with van der Waals surface area (Å²) in [6, 6.07) is 3.55. The van der Waals surface area contributed by atoms with Crippen molar-refractivity contribution in [3.05, 3.63) is 35.9 Å². The maximum Gasteiger partial charge on any atom is 0.244 e. The molecule has 2 aliphatic rings. The van der Waals surface area contributed by atoms with Gasteiger partial charge in [0.05, 0.1) is 17.3 Å². The summed E-state index contributed by atoms with van der Waals surface area (Å²) in [5, 5.41) is 6.37. The Kier molecular flexibility index (Phi) is 4.42. The number of hydrogen-bond acceptors (Lipinski definition) is 4. The summed E-state index contributed by atoms with van der Waals surface area (Å²) in [6.07, 6.45) is 5.69. The molecule has 2 aromatic heterocycles. The fourth-order valence-corrected chi connectivity index (χ4v) is 3.84. The number of carbonyl (C=O) groups excluding carboxylic acids is 2. The van der Waals surface area contributed by atoms with Crippen molar-refractivity contribution in [3.8, 4) is 0 Å². The van der Waals surface area contributed by atoms with Crippen molar-refractivity contribution >= 4 is 17.3 Å². The van der Waals surface area contributed by atoms with Gasteiger partial charge in [-0.15, -0.1) is 0 Å². The van der Waals surface area contributed by atoms with Crippen LogP contribution in [0.15, 0.2) is 24.5 Å². The summed E-state index contributed by atoms with van der Waals surface area (Å²) < 4.78 is 2.02. The molecule has 144 valence electrons. The van der Waals surface area contributed by atoms with Crippen molar-refractivity contribution in [2.24, 2.45) is 5.92 Å². The number of nitrogens with zero attached hydrogens (tertiary/aromatic N) is 3. The van der Waals surface area contributed by atoms with Crippen molar-refractivity contribution in [1.29, 1.82) is 0 Å². The van der Waals surface area contributed by atoms with Gasteiger partial charge >= 0.3 is 0 Å². The molecular formula is C20H27N5O2. The first kappa shape index (κ1) is 18.0. The number of aryl methyl sites for hydroxylation is 1. The predicted molar refractivity (Wildman–Crippen MR) is 102 cm³/mol. The van der Waals surface area contributed by atoms with Gasteiger partial charge in [0.15, 0.2) is 0 Å². The van der Waals surface area contributed by atoms with Crippen molar-refractivity contribution < 1.29 is 9.59 Å². The molecule has 1 aliphatic heterocycles. The van der Waals surface area contributed by atoms with Crippen LogP contribution in [0.25, 0.3) is 5.52 Å². The third-order valence-corrected chi connectivity index (χ3v) is 5.53. The molecule has 1 saturated heterocycles. The highest BCUT2D eigenvalue weighted by Crippen LogP contribution is 2.32. The van der Waals surface area contributed by atoms with Crippen molar-refractivity contribution in [1.82, 2.24) is 24.9 Å². The van der Waals surface area contributed by atoms with E-state index in [1.165, 1.54) is 0 Å². The second-order valence-corrected chi connectivity index (χ2v) is 8.17. The van der Waals surface area contributed by atoms with Crippen LogP contribution in [-0.4, -0.2) is 51.8 Å². The first-order chi connectivity index (χ1) is 12.9. The zero-order valence-electron chi connectivity index (χ0n) is 16.2. The van der Waals surface area contributed by atoms with Crippen LogP contribution >= 0.6 is 0 Å². The Morgan fingerprint density at radius 2 is 2.11 bits per heavy atom. The van der Waals surface area contributed by atoms with E-state index in [2.05, 4.69) is 15.6 Å². The van der Waals surface area contributed by atoms with Gasteiger partial charge in [0.25, 0.3) is 0 Å². The zero-order valence-corrected chi connectivity index (χ0v) is 16.2. The van der Waals surface area contributed by atoms with Gasteiger partial charge in [-0.3, -0.25) is 9.59 Å². The van der Waals surface area contributed by atoms with Crippen LogP contribution in [0, 0.1) is 12.8 Å². The van der Waals surface area contributed by atoms with E-state index >= 15 is 0 Å². The van der Waals surface area contributed by atoms with Crippen LogP contribution in [0.2, 0.25) is 0 Å². The Balaban J connectivity index is 1.56. The van der Waals surface area contributed by atoms with E-state index < -0.39 is 11.6 Å². The Labute approximate surface area is 159 Å². The molecule has 1 saturated carbocycles. The number of fused-ring (bicyclic) bond motifs is 1. The minimum Gasteiger partial charge on any atom is -0.342 e. The van der Waals surface area contributed by atoms with Crippen LogP contribution in [0.3, 0.4) is 0 Å². The number of rotatable bonds is 4. The Bertz CT molecular complexity index is 884. The largest absolute Gasteiger partial charge is 0.342 e. The summed E-state index contributed by atoms with van der Waals surface area (Å²) in [5.41, 5.74) is 1.50. The summed E-state index contributed by atoms with van der Waals surface area (Å²) in [4.78, 5) is 32.0. The Morgan fingerprint density at radius 1 is 1.33 bits per heavy atom. The van der Waals surface area contributed by atoms with E-state index in [1.807, 2.05) is 49.7 Å². The van der Waals surface area contributed by atoms with Crippen LogP contribution in [0.4, 0.5) is 0 Å². The molecule has 2 amide bonds. The molecule has 0 spiro atoms. The van der Waals surface area contributed by atoms with Gasteiger partial charge in [-0.05, 0) is 45.2 Å². The predicted octanol–water partition coefficient (Wildman–Crippen LogP) is 1.20. The average Bonchev–Trinajstić information content (AvgIpc) is 3.39. The Hall–Kier alpha value is -2.41. The third-order valence-electron chi connectivity index (χ3n) is 5.53. The lowest BCUT2D eigenvalue weighted by Crippen LogP contribution is -2.61. The van der Waals surface area contributed by atoms with Crippen molar-refractivity contribution in [2.45, 2.75) is 45.2 Å². The van der Waals surface area contributed by atoms with Gasteiger partial charge < -0.3 is 19.9 Å². The van der Waals surface area contributed by atoms with Crippen LogP contribution in [0.5, 0.6) is 0 Å². The number of amides is 2. The molecule has 4 rings (SSSR count). The summed E-state index contributed by atoms with van der Waals surface area (Å²) in [5.74, 6) is 0.881. The zero-order chi connectivity index (χ0) is 19.2. The van der Waals surface area contributed by atoms with Crippen molar-refractivity contribution in [3.63, 3.8) is 0 Å². The number of piperazine rings is 1. The molecule has 2 fully saturated rings. The number of nitrogens with one attached hydrogen (secondary N) is 2. The smallest absolute Gasteiger partial charge is 0.244 e. The van der Waals surface area contributed by atoms with Gasteiger partial charge in [-0.25, -0.2) is 4.98 Å². The van der Waals surface area contributed by atoms with Gasteiger partial charge in [-0.2, -0.15) is 0 Å². The van der Waals surface area contributed by atoms with Crippen LogP contribution in [0.1, 0.15) is 38.1 Å². The standard InChI is InChI=1S/C20H27N5O2/c1-13-5-4-9-25-15(13)12-22-19(25)20(2,3)23-17(26)16-11-21-8-10-24(16)18(27)14-6-7-14/h4-5,9,12,14,16,21H,6-8,10-11H2,1-3H3,(H,23,26)/t16-/m1/s1. The molecule has 7 heteroatoms. The van der Waals surface area contributed by atoms with E-state index in [0.717, 1.165) is 36.3 Å².